The highest BCUT2D eigenvalue weighted by molar-refractivity contribution is 6.08. The first-order valence-corrected chi connectivity index (χ1v) is 11.5. The van der Waals surface area contributed by atoms with E-state index in [4.69, 9.17) is 0 Å². The SMILES string of the molecule is C=C(NC(=O)C(=C)N1Cc2c(cccc2-c2ccc(C(=O)N3CCN(C)CC3)cc2)C1=O)C(=O)OC.[HH]. The van der Waals surface area contributed by atoms with Crippen molar-refractivity contribution in [2.75, 3.05) is 40.3 Å². The average molecular weight is 491 g/mol. The summed E-state index contributed by atoms with van der Waals surface area (Å²) >= 11 is 0. The molecule has 0 spiro atoms. The highest BCUT2D eigenvalue weighted by Gasteiger charge is 2.33. The van der Waals surface area contributed by atoms with E-state index in [2.05, 4.69) is 28.1 Å². The Hall–Kier alpha value is -4.24. The van der Waals surface area contributed by atoms with Gasteiger partial charge in [-0.15, -0.1) is 0 Å². The Morgan fingerprint density at radius 3 is 2.25 bits per heavy atom. The number of fused-ring (bicyclic) bond motifs is 1. The van der Waals surface area contributed by atoms with Gasteiger partial charge in [0.15, 0.2) is 0 Å². The van der Waals surface area contributed by atoms with Gasteiger partial charge in [0.1, 0.15) is 11.4 Å². The minimum Gasteiger partial charge on any atom is -0.464 e. The van der Waals surface area contributed by atoms with Crippen LogP contribution >= 0.6 is 0 Å². The third-order valence-corrected chi connectivity index (χ3v) is 6.49. The highest BCUT2D eigenvalue weighted by atomic mass is 16.5. The molecule has 9 heteroatoms. The molecular weight excluding hydrogens is 460 g/mol. The van der Waals surface area contributed by atoms with Gasteiger partial charge in [0.25, 0.3) is 17.7 Å². The van der Waals surface area contributed by atoms with Crippen LogP contribution in [0.3, 0.4) is 0 Å². The van der Waals surface area contributed by atoms with E-state index in [1.54, 1.807) is 24.3 Å². The van der Waals surface area contributed by atoms with Gasteiger partial charge in [-0.3, -0.25) is 19.3 Å². The summed E-state index contributed by atoms with van der Waals surface area (Å²) in [4.78, 5) is 55.3. The van der Waals surface area contributed by atoms with Gasteiger partial charge in [-0.05, 0) is 41.9 Å². The maximum atomic E-state index is 13.1. The van der Waals surface area contributed by atoms with E-state index in [0.717, 1.165) is 29.8 Å². The standard InChI is InChI=1S/C27H28N4O5.H2/c1-17(27(35)36-4)28-24(32)18(2)31-16-23-21(6-5-7-22(23)26(31)34)19-8-10-20(11-9-19)25(33)30-14-12-29(3)13-15-30;/h5-11H,1-2,12-16H2,3-4H3,(H,28,32);1H. The Morgan fingerprint density at radius 1 is 0.972 bits per heavy atom. The van der Waals surface area contributed by atoms with Gasteiger partial charge in [0.05, 0.1) is 13.7 Å². The molecule has 3 amide bonds. The largest absolute Gasteiger partial charge is 0.464 e. The van der Waals surface area contributed by atoms with Gasteiger partial charge >= 0.3 is 5.97 Å². The molecule has 0 unspecified atom stereocenters. The van der Waals surface area contributed by atoms with Crippen LogP contribution in [0.5, 0.6) is 0 Å². The van der Waals surface area contributed by atoms with Crippen molar-refractivity contribution in [2.24, 2.45) is 0 Å². The quantitative estimate of drug-likeness (QED) is 0.493. The lowest BCUT2D eigenvalue weighted by atomic mass is 9.96. The van der Waals surface area contributed by atoms with Crippen LogP contribution in [-0.4, -0.2) is 78.7 Å². The summed E-state index contributed by atoms with van der Waals surface area (Å²) in [7, 11) is 3.22. The van der Waals surface area contributed by atoms with E-state index in [0.29, 0.717) is 24.2 Å². The zero-order valence-corrected chi connectivity index (χ0v) is 20.4. The number of benzene rings is 2. The van der Waals surface area contributed by atoms with Gasteiger partial charge in [-0.2, -0.15) is 0 Å². The molecule has 0 radical (unpaired) electrons. The lowest BCUT2D eigenvalue weighted by molar-refractivity contribution is -0.137. The van der Waals surface area contributed by atoms with E-state index in [9.17, 15) is 19.2 Å². The van der Waals surface area contributed by atoms with Crippen LogP contribution in [0.1, 0.15) is 27.7 Å². The zero-order chi connectivity index (χ0) is 26.0. The van der Waals surface area contributed by atoms with E-state index in [-0.39, 0.29) is 31.2 Å². The maximum Gasteiger partial charge on any atom is 0.353 e. The second kappa shape index (κ2) is 10.2. The number of nitrogens with one attached hydrogen (secondary N) is 1. The summed E-state index contributed by atoms with van der Waals surface area (Å²) in [5.74, 6) is -1.87. The predicted molar refractivity (Wildman–Crippen MR) is 136 cm³/mol. The van der Waals surface area contributed by atoms with Crippen molar-refractivity contribution in [1.82, 2.24) is 20.0 Å². The predicted octanol–water partition coefficient (Wildman–Crippen LogP) is 2.26. The van der Waals surface area contributed by atoms with Crippen LogP contribution in [0.2, 0.25) is 0 Å². The normalized spacial score (nSPS) is 15.3. The minimum atomic E-state index is -0.788. The van der Waals surface area contributed by atoms with Crippen LogP contribution in [-0.2, 0) is 20.9 Å². The van der Waals surface area contributed by atoms with Crippen molar-refractivity contribution >= 4 is 23.7 Å². The van der Waals surface area contributed by atoms with Crippen LogP contribution in [0.25, 0.3) is 11.1 Å². The Labute approximate surface area is 211 Å². The number of piperazine rings is 1. The minimum absolute atomic E-state index is 0. The van der Waals surface area contributed by atoms with Gasteiger partial charge < -0.3 is 19.9 Å². The first kappa shape index (κ1) is 24.9. The van der Waals surface area contributed by atoms with Crippen LogP contribution in [0.15, 0.2) is 67.0 Å². The van der Waals surface area contributed by atoms with Gasteiger partial charge in [-0.25, -0.2) is 4.79 Å². The van der Waals surface area contributed by atoms with E-state index < -0.39 is 11.9 Å². The number of carbonyl (C=O) groups excluding carboxylic acids is 4. The van der Waals surface area contributed by atoms with Crippen molar-refractivity contribution in [3.8, 4) is 11.1 Å². The maximum absolute atomic E-state index is 13.1. The van der Waals surface area contributed by atoms with Crippen LogP contribution in [0, 0.1) is 0 Å². The lowest BCUT2D eigenvalue weighted by Crippen LogP contribution is -2.47. The molecule has 1 N–H and O–H groups in total. The number of hydrogen-bond donors (Lipinski definition) is 1. The third-order valence-electron chi connectivity index (χ3n) is 6.49. The Bertz CT molecular complexity index is 1270. The molecule has 4 rings (SSSR count). The fraction of sp³-hybridized carbons (Fsp3) is 0.259. The molecule has 2 heterocycles. The number of nitrogens with zero attached hydrogens (tertiary/aromatic N) is 3. The second-order valence-electron chi connectivity index (χ2n) is 8.77. The molecule has 2 aromatic carbocycles. The van der Waals surface area contributed by atoms with Crippen molar-refractivity contribution in [3.05, 3.63) is 83.7 Å². The summed E-state index contributed by atoms with van der Waals surface area (Å²) < 4.78 is 4.53. The smallest absolute Gasteiger partial charge is 0.353 e. The molecule has 2 aliphatic rings. The van der Waals surface area contributed by atoms with E-state index >= 15 is 0 Å². The number of likely N-dealkylation sites (N-methyl/N-ethyl adjacent to an activating group) is 1. The summed E-state index contributed by atoms with van der Waals surface area (Å²) in [6.45, 7) is 10.5. The number of ether oxygens (including phenoxy) is 1. The monoisotopic (exact) mass is 490 g/mol. The molecule has 0 aliphatic carbocycles. The first-order valence-electron chi connectivity index (χ1n) is 11.5. The molecule has 9 nitrogen and oxygen atoms in total. The number of carbonyl (C=O) groups is 4. The fourth-order valence-electron chi connectivity index (χ4n) is 4.31. The molecule has 0 atom stereocenters. The van der Waals surface area contributed by atoms with Gasteiger partial charge in [-0.1, -0.05) is 37.4 Å². The summed E-state index contributed by atoms with van der Waals surface area (Å²) in [5.41, 5.74) is 3.15. The lowest BCUT2D eigenvalue weighted by Gasteiger charge is -2.32. The molecule has 188 valence electrons. The molecule has 0 saturated carbocycles. The van der Waals surface area contributed by atoms with E-state index in [1.165, 1.54) is 12.0 Å². The Balaban J connectivity index is 0.00000380. The number of rotatable bonds is 6. The molecule has 0 aromatic heterocycles. The number of methoxy groups -OCH3 is 1. The number of esters is 1. The van der Waals surface area contributed by atoms with Gasteiger partial charge in [0, 0.05) is 38.7 Å². The number of amides is 3. The average Bonchev–Trinajstić information content (AvgIpc) is 3.24. The van der Waals surface area contributed by atoms with Crippen LogP contribution < -0.4 is 5.32 Å². The first-order chi connectivity index (χ1) is 17.2. The van der Waals surface area contributed by atoms with Crippen molar-refractivity contribution < 1.29 is 25.3 Å². The molecule has 2 aromatic rings. The van der Waals surface area contributed by atoms with Crippen molar-refractivity contribution in [2.45, 2.75) is 6.54 Å². The summed E-state index contributed by atoms with van der Waals surface area (Å²) in [6.07, 6.45) is 0. The van der Waals surface area contributed by atoms with Crippen molar-refractivity contribution in [3.63, 3.8) is 0 Å². The molecule has 1 saturated heterocycles. The summed E-state index contributed by atoms with van der Waals surface area (Å²) in [6, 6.07) is 12.7. The topological polar surface area (TPSA) is 99.3 Å². The zero-order valence-electron chi connectivity index (χ0n) is 20.4. The molecule has 1 fully saturated rings. The van der Waals surface area contributed by atoms with Crippen LogP contribution in [0.4, 0.5) is 0 Å². The summed E-state index contributed by atoms with van der Waals surface area (Å²) in [5, 5.41) is 2.31. The fourth-order valence-corrected chi connectivity index (χ4v) is 4.31. The third kappa shape index (κ3) is 4.78. The van der Waals surface area contributed by atoms with Crippen molar-refractivity contribution in [1.29, 1.82) is 0 Å². The highest BCUT2D eigenvalue weighted by Crippen LogP contribution is 2.34. The van der Waals surface area contributed by atoms with Gasteiger partial charge in [0.2, 0.25) is 0 Å². The molecular formula is C27H30N4O5. The van der Waals surface area contributed by atoms with E-state index in [1.807, 2.05) is 30.1 Å². The molecule has 2 aliphatic heterocycles. The molecule has 36 heavy (non-hydrogen) atoms. The molecule has 0 bridgehead atoms. The Kier molecular flexibility index (Phi) is 7.03. The number of hydrogen-bond acceptors (Lipinski definition) is 6. The Morgan fingerprint density at radius 2 is 1.61 bits per heavy atom. The second-order valence-corrected chi connectivity index (χ2v) is 8.77.